The van der Waals surface area contributed by atoms with E-state index in [1.54, 1.807) is 30.3 Å². The van der Waals surface area contributed by atoms with Crippen molar-refractivity contribution in [2.24, 2.45) is 0 Å². The van der Waals surface area contributed by atoms with Crippen LogP contribution in [0.3, 0.4) is 0 Å². The van der Waals surface area contributed by atoms with Crippen LogP contribution in [-0.2, 0) is 4.79 Å². The number of anilines is 1. The molecule has 170 valence electrons. The van der Waals surface area contributed by atoms with Gasteiger partial charge in [-0.25, -0.2) is 0 Å². The maximum atomic E-state index is 12.7. The third-order valence-electron chi connectivity index (χ3n) is 4.02. The molecule has 0 unspecified atom stereocenters. The summed E-state index contributed by atoms with van der Waals surface area (Å²) in [7, 11) is 4.48. The van der Waals surface area contributed by atoms with Gasteiger partial charge in [-0.3, -0.25) is 4.79 Å². The summed E-state index contributed by atoms with van der Waals surface area (Å²) in [6.45, 7) is 0. The van der Waals surface area contributed by atoms with Gasteiger partial charge in [0.2, 0.25) is 17.5 Å². The minimum atomic E-state index is -2.59. The number of rotatable bonds is 10. The molecule has 1 N–H and O–H groups in total. The van der Waals surface area contributed by atoms with Gasteiger partial charge < -0.3 is 23.9 Å². The maximum Gasteiger partial charge on any atom is 0.288 e. The number of methoxy groups -OCH3 is 3. The fourth-order valence-electron chi connectivity index (χ4n) is 2.67. The standard InChI is InChI=1S/C20H19F2N3O5S2/c1-27-13-8-11(9-14(28-2)17(13)29-3)18-24-25-20(30-18)31-10-16(26)23-12-6-4-5-7-15(12)32-19(21)22/h4-9,19H,10H2,1-3H3,(H,23,26). The Bertz CT molecular complexity index is 1060. The summed E-state index contributed by atoms with van der Waals surface area (Å²) in [5.41, 5.74) is 0.855. The molecule has 0 spiro atoms. The molecule has 0 radical (unpaired) electrons. The van der Waals surface area contributed by atoms with E-state index in [0.717, 1.165) is 11.8 Å². The van der Waals surface area contributed by atoms with Gasteiger partial charge in [0.15, 0.2) is 11.5 Å². The van der Waals surface area contributed by atoms with E-state index in [1.165, 1.54) is 27.4 Å². The SMILES string of the molecule is COc1cc(-c2nnc(SCC(=O)Nc3ccccc3SC(F)F)o2)cc(OC)c1OC. The molecule has 12 heteroatoms. The highest BCUT2D eigenvalue weighted by Gasteiger charge is 2.18. The van der Waals surface area contributed by atoms with Gasteiger partial charge in [0.1, 0.15) is 0 Å². The van der Waals surface area contributed by atoms with Gasteiger partial charge in [0.05, 0.1) is 32.8 Å². The van der Waals surface area contributed by atoms with E-state index in [1.807, 2.05) is 0 Å². The number of carbonyl (C=O) groups excluding carboxylic acids is 1. The van der Waals surface area contributed by atoms with Crippen molar-refractivity contribution in [3.05, 3.63) is 36.4 Å². The molecule has 0 aliphatic rings. The number of hydrogen-bond donors (Lipinski definition) is 1. The fraction of sp³-hybridized carbons (Fsp3) is 0.250. The summed E-state index contributed by atoms with van der Waals surface area (Å²) < 4.78 is 46.9. The van der Waals surface area contributed by atoms with Gasteiger partial charge in [-0.05, 0) is 24.3 Å². The van der Waals surface area contributed by atoms with Crippen molar-refractivity contribution < 1.29 is 32.2 Å². The van der Waals surface area contributed by atoms with E-state index in [-0.39, 0.29) is 21.8 Å². The first-order valence-corrected chi connectivity index (χ1v) is 10.9. The number of hydrogen-bond acceptors (Lipinski definition) is 9. The largest absolute Gasteiger partial charge is 0.493 e. The average molecular weight is 484 g/mol. The molecule has 0 aliphatic heterocycles. The Labute approximate surface area is 191 Å². The highest BCUT2D eigenvalue weighted by molar-refractivity contribution is 8.00. The zero-order valence-corrected chi connectivity index (χ0v) is 18.9. The summed E-state index contributed by atoms with van der Waals surface area (Å²) in [6.07, 6.45) is 0. The van der Waals surface area contributed by atoms with Crippen molar-refractivity contribution >= 4 is 35.1 Å². The minimum Gasteiger partial charge on any atom is -0.493 e. The topological polar surface area (TPSA) is 95.7 Å². The number of benzene rings is 2. The molecule has 2 aromatic carbocycles. The Hall–Kier alpha value is -2.99. The lowest BCUT2D eigenvalue weighted by Gasteiger charge is -2.12. The van der Waals surface area contributed by atoms with Crippen LogP contribution >= 0.6 is 23.5 Å². The van der Waals surface area contributed by atoms with Gasteiger partial charge in [0.25, 0.3) is 11.0 Å². The number of carbonyl (C=O) groups is 1. The Kier molecular flexibility index (Phi) is 8.17. The molecule has 32 heavy (non-hydrogen) atoms. The van der Waals surface area contributed by atoms with Crippen molar-refractivity contribution in [1.29, 1.82) is 0 Å². The third-order valence-corrected chi connectivity index (χ3v) is 5.63. The molecule has 3 aromatic rings. The van der Waals surface area contributed by atoms with E-state index < -0.39 is 11.7 Å². The number of ether oxygens (including phenoxy) is 3. The molecule has 1 amide bonds. The fourth-order valence-corrected chi connectivity index (χ4v) is 3.83. The van der Waals surface area contributed by atoms with Crippen molar-refractivity contribution in [3.8, 4) is 28.7 Å². The van der Waals surface area contributed by atoms with Crippen LogP contribution in [0.25, 0.3) is 11.5 Å². The Morgan fingerprint density at radius 1 is 1.09 bits per heavy atom. The van der Waals surface area contributed by atoms with Crippen molar-refractivity contribution in [1.82, 2.24) is 10.2 Å². The van der Waals surface area contributed by atoms with Crippen LogP contribution < -0.4 is 19.5 Å². The first-order valence-electron chi connectivity index (χ1n) is 9.05. The van der Waals surface area contributed by atoms with Gasteiger partial charge in [-0.2, -0.15) is 8.78 Å². The van der Waals surface area contributed by atoms with Crippen LogP contribution in [0.15, 0.2) is 50.9 Å². The van der Waals surface area contributed by atoms with Crippen molar-refractivity contribution in [2.45, 2.75) is 15.9 Å². The number of para-hydroxylation sites is 1. The number of thioether (sulfide) groups is 2. The second-order valence-corrected chi connectivity index (χ2v) is 7.96. The van der Waals surface area contributed by atoms with Crippen LogP contribution in [0.5, 0.6) is 17.2 Å². The first kappa shape index (κ1) is 23.7. The molecular weight excluding hydrogens is 464 g/mol. The van der Waals surface area contributed by atoms with Crippen LogP contribution in [0.1, 0.15) is 0 Å². The predicted octanol–water partition coefficient (Wildman–Crippen LogP) is 4.81. The summed E-state index contributed by atoms with van der Waals surface area (Å²) in [4.78, 5) is 12.6. The van der Waals surface area contributed by atoms with Crippen LogP contribution in [0, 0.1) is 0 Å². The maximum absolute atomic E-state index is 12.7. The third kappa shape index (κ3) is 5.82. The van der Waals surface area contributed by atoms with Crippen molar-refractivity contribution in [2.75, 3.05) is 32.4 Å². The molecule has 0 saturated carbocycles. The highest BCUT2D eigenvalue weighted by atomic mass is 32.2. The molecule has 0 fully saturated rings. The molecule has 1 aromatic heterocycles. The lowest BCUT2D eigenvalue weighted by molar-refractivity contribution is -0.113. The normalized spacial score (nSPS) is 10.8. The monoisotopic (exact) mass is 483 g/mol. The molecule has 1 heterocycles. The second kappa shape index (κ2) is 11.0. The van der Waals surface area contributed by atoms with Crippen LogP contribution in [-0.4, -0.2) is 48.9 Å². The van der Waals surface area contributed by atoms with Gasteiger partial charge >= 0.3 is 0 Å². The molecule has 3 rings (SSSR count). The minimum absolute atomic E-state index is 0.0510. The Morgan fingerprint density at radius 3 is 2.41 bits per heavy atom. The number of alkyl halides is 2. The summed E-state index contributed by atoms with van der Waals surface area (Å²) in [5.74, 6) is -1.56. The summed E-state index contributed by atoms with van der Waals surface area (Å²) in [6, 6.07) is 9.67. The van der Waals surface area contributed by atoms with Gasteiger partial charge in [-0.15, -0.1) is 10.2 Å². The number of amides is 1. The molecule has 0 saturated heterocycles. The highest BCUT2D eigenvalue weighted by Crippen LogP contribution is 2.41. The number of halogens is 2. The second-order valence-electron chi connectivity index (χ2n) is 6.00. The molecule has 0 atom stereocenters. The lowest BCUT2D eigenvalue weighted by atomic mass is 10.2. The summed E-state index contributed by atoms with van der Waals surface area (Å²) in [5, 5.41) is 10.7. The number of nitrogens with zero attached hydrogens (tertiary/aromatic N) is 2. The van der Waals surface area contributed by atoms with E-state index in [4.69, 9.17) is 18.6 Å². The molecule has 0 aliphatic carbocycles. The zero-order chi connectivity index (χ0) is 23.1. The van der Waals surface area contributed by atoms with Crippen molar-refractivity contribution in [3.63, 3.8) is 0 Å². The number of aromatic nitrogens is 2. The van der Waals surface area contributed by atoms with Crippen LogP contribution in [0.4, 0.5) is 14.5 Å². The van der Waals surface area contributed by atoms with Crippen LogP contribution in [0.2, 0.25) is 0 Å². The zero-order valence-electron chi connectivity index (χ0n) is 17.3. The molecule has 8 nitrogen and oxygen atoms in total. The first-order chi connectivity index (χ1) is 15.4. The lowest BCUT2D eigenvalue weighted by Crippen LogP contribution is -2.14. The smallest absolute Gasteiger partial charge is 0.288 e. The summed E-state index contributed by atoms with van der Waals surface area (Å²) >= 11 is 1.38. The van der Waals surface area contributed by atoms with E-state index >= 15 is 0 Å². The quantitative estimate of drug-likeness (QED) is 0.408. The number of nitrogens with one attached hydrogen (secondary N) is 1. The predicted molar refractivity (Wildman–Crippen MR) is 117 cm³/mol. The Balaban J connectivity index is 1.67. The molecule has 0 bridgehead atoms. The van der Waals surface area contributed by atoms with E-state index in [9.17, 15) is 13.6 Å². The Morgan fingerprint density at radius 2 is 1.78 bits per heavy atom. The van der Waals surface area contributed by atoms with Gasteiger partial charge in [-0.1, -0.05) is 35.7 Å². The van der Waals surface area contributed by atoms with Gasteiger partial charge in [0, 0.05) is 10.5 Å². The average Bonchev–Trinajstić information content (AvgIpc) is 3.26. The van der Waals surface area contributed by atoms with E-state index in [2.05, 4.69) is 15.5 Å². The molecular formula is C20H19F2N3O5S2. The van der Waals surface area contributed by atoms with E-state index in [0.29, 0.717) is 40.3 Å².